The second-order valence-electron chi connectivity index (χ2n) is 7.99. The summed E-state index contributed by atoms with van der Waals surface area (Å²) in [4.78, 5) is 4.29. The highest BCUT2D eigenvalue weighted by molar-refractivity contribution is 9.10. The maximum absolute atomic E-state index is 14.0. The first-order valence-corrected chi connectivity index (χ1v) is 13.7. The van der Waals surface area contributed by atoms with E-state index in [-0.39, 0.29) is 23.7 Å². The first kappa shape index (κ1) is 26.6. The highest BCUT2D eigenvalue weighted by Gasteiger charge is 2.26. The van der Waals surface area contributed by atoms with E-state index in [0.29, 0.717) is 31.6 Å². The highest BCUT2D eigenvalue weighted by Crippen LogP contribution is 2.27. The van der Waals surface area contributed by atoms with Crippen LogP contribution in [0.3, 0.4) is 0 Å². The number of hydrogen-bond donors (Lipinski definition) is 0. The molecule has 36 heavy (non-hydrogen) atoms. The summed E-state index contributed by atoms with van der Waals surface area (Å²) in [6, 6.07) is 19.4. The minimum Gasteiger partial charge on any atom is -0.459 e. The summed E-state index contributed by atoms with van der Waals surface area (Å²) >= 11 is 15.4. The summed E-state index contributed by atoms with van der Waals surface area (Å²) in [5, 5.41) is 0.712. The number of benzene rings is 3. The van der Waals surface area contributed by atoms with Crippen molar-refractivity contribution in [2.75, 3.05) is 0 Å². The van der Waals surface area contributed by atoms with Crippen LogP contribution in [-0.2, 0) is 23.1 Å². The van der Waals surface area contributed by atoms with Crippen LogP contribution in [0.4, 0.5) is 10.1 Å². The van der Waals surface area contributed by atoms with Crippen molar-refractivity contribution in [3.05, 3.63) is 116 Å². The minimum atomic E-state index is -3.88. The van der Waals surface area contributed by atoms with Gasteiger partial charge in [-0.15, -0.1) is 0 Å². The van der Waals surface area contributed by atoms with Crippen molar-refractivity contribution < 1.29 is 17.2 Å². The molecule has 0 saturated carbocycles. The van der Waals surface area contributed by atoms with Crippen LogP contribution in [-0.4, -0.2) is 18.9 Å². The molecule has 10 heteroatoms. The van der Waals surface area contributed by atoms with Crippen molar-refractivity contribution in [2.45, 2.75) is 24.9 Å². The fourth-order valence-corrected chi connectivity index (χ4v) is 5.42. The van der Waals surface area contributed by atoms with Crippen LogP contribution >= 0.6 is 39.1 Å². The molecule has 0 aliphatic rings. The topological polar surface area (TPSA) is 62.9 Å². The largest absolute Gasteiger partial charge is 0.459 e. The van der Waals surface area contributed by atoms with Crippen molar-refractivity contribution >= 4 is 61.1 Å². The molecule has 0 spiro atoms. The van der Waals surface area contributed by atoms with E-state index in [0.717, 1.165) is 5.56 Å². The van der Waals surface area contributed by atoms with E-state index in [2.05, 4.69) is 20.9 Å². The van der Waals surface area contributed by atoms with Crippen molar-refractivity contribution in [3.8, 4) is 0 Å². The maximum atomic E-state index is 14.0. The number of nitrogens with zero attached hydrogens (tertiary/aromatic N) is 2. The number of hydrogen-bond acceptors (Lipinski definition) is 4. The lowest BCUT2D eigenvalue weighted by molar-refractivity contribution is 0.357. The molecule has 0 atom stereocenters. The average molecular weight is 610 g/mol. The molecule has 4 rings (SSSR count). The summed E-state index contributed by atoms with van der Waals surface area (Å²) in [5.74, 6) is 0.266. The number of aryl methyl sites for hydroxylation is 1. The lowest BCUT2D eigenvalue weighted by Crippen LogP contribution is -2.30. The molecule has 1 aromatic heterocycles. The molecule has 0 aliphatic carbocycles. The molecule has 0 radical (unpaired) electrons. The van der Waals surface area contributed by atoms with Gasteiger partial charge in [0, 0.05) is 11.0 Å². The second kappa shape index (κ2) is 11.3. The predicted molar refractivity (Wildman–Crippen MR) is 144 cm³/mol. The number of furan rings is 1. The van der Waals surface area contributed by atoms with Crippen LogP contribution in [0, 0.1) is 12.7 Å². The molecule has 4 aromatic rings. The first-order chi connectivity index (χ1) is 17.1. The van der Waals surface area contributed by atoms with E-state index in [4.69, 9.17) is 27.6 Å². The Morgan fingerprint density at radius 1 is 0.972 bits per heavy atom. The second-order valence-corrected chi connectivity index (χ2v) is 11.7. The monoisotopic (exact) mass is 608 g/mol. The molecule has 0 saturated heterocycles. The average Bonchev–Trinajstić information content (AvgIpc) is 3.28. The Morgan fingerprint density at radius 3 is 2.42 bits per heavy atom. The zero-order valence-electron chi connectivity index (χ0n) is 19.0. The van der Waals surface area contributed by atoms with E-state index in [1.165, 1.54) is 22.7 Å². The summed E-state index contributed by atoms with van der Waals surface area (Å²) in [6.07, 6.45) is 1.38. The molecule has 5 nitrogen and oxygen atoms in total. The van der Waals surface area contributed by atoms with Gasteiger partial charge in [-0.1, -0.05) is 62.9 Å². The third-order valence-corrected chi connectivity index (χ3v) is 8.30. The van der Waals surface area contributed by atoms with Gasteiger partial charge in [0.05, 0.1) is 33.4 Å². The number of sulfonamides is 1. The summed E-state index contributed by atoms with van der Waals surface area (Å²) in [7, 11) is -3.88. The standard InChI is InChI=1S/C26H20BrCl2FN2O3S/c1-17-2-8-22(9-3-17)36(33,34)32(15-18-4-10-23(28)24(29)12-18)16-21-7-6-20(35-21)14-31-26-11-5-19(27)13-25(26)30/h2-14H,15-16H2,1H3. The highest BCUT2D eigenvalue weighted by atomic mass is 79.9. The van der Waals surface area contributed by atoms with E-state index in [1.807, 2.05) is 6.92 Å². The van der Waals surface area contributed by atoms with E-state index < -0.39 is 15.8 Å². The van der Waals surface area contributed by atoms with E-state index >= 15 is 0 Å². The van der Waals surface area contributed by atoms with Crippen LogP contribution in [0.25, 0.3) is 0 Å². The lowest BCUT2D eigenvalue weighted by atomic mass is 10.2. The molecule has 186 valence electrons. The molecular formula is C26H20BrCl2FN2O3S. The van der Waals surface area contributed by atoms with Gasteiger partial charge in [-0.25, -0.2) is 17.8 Å². The number of halogens is 4. The Balaban J connectivity index is 1.61. The van der Waals surface area contributed by atoms with Gasteiger partial charge in [-0.05, 0) is 67.1 Å². The summed E-state index contributed by atoms with van der Waals surface area (Å²) < 4.78 is 48.8. The van der Waals surface area contributed by atoms with Gasteiger partial charge in [0.15, 0.2) is 0 Å². The Morgan fingerprint density at radius 2 is 1.72 bits per heavy atom. The fourth-order valence-electron chi connectivity index (χ4n) is 3.37. The third kappa shape index (κ3) is 6.44. The lowest BCUT2D eigenvalue weighted by Gasteiger charge is -2.22. The number of rotatable bonds is 8. The van der Waals surface area contributed by atoms with Crippen LogP contribution in [0.1, 0.15) is 22.6 Å². The molecular weight excluding hydrogens is 590 g/mol. The van der Waals surface area contributed by atoms with Crippen LogP contribution in [0.15, 0.2) is 91.6 Å². The molecule has 0 unspecified atom stereocenters. The summed E-state index contributed by atoms with van der Waals surface area (Å²) in [5.41, 5.74) is 1.76. The van der Waals surface area contributed by atoms with Gasteiger partial charge >= 0.3 is 0 Å². The van der Waals surface area contributed by atoms with Gasteiger partial charge in [-0.2, -0.15) is 4.31 Å². The summed E-state index contributed by atoms with van der Waals surface area (Å²) in [6.45, 7) is 1.88. The molecule has 0 bridgehead atoms. The smallest absolute Gasteiger partial charge is 0.243 e. The molecule has 0 N–H and O–H groups in total. The third-order valence-electron chi connectivity index (χ3n) is 5.26. The van der Waals surface area contributed by atoms with Crippen molar-refractivity contribution in [2.24, 2.45) is 4.99 Å². The van der Waals surface area contributed by atoms with Crippen molar-refractivity contribution in [1.29, 1.82) is 0 Å². The molecule has 0 aliphatic heterocycles. The molecule has 0 fully saturated rings. The Kier molecular flexibility index (Phi) is 8.32. The molecule has 1 heterocycles. The van der Waals surface area contributed by atoms with E-state index in [1.54, 1.807) is 60.7 Å². The number of aliphatic imine (C=N–C) groups is 1. The Bertz CT molecular complexity index is 1520. The van der Waals surface area contributed by atoms with Gasteiger partial charge in [0.2, 0.25) is 10.0 Å². The molecule has 0 amide bonds. The van der Waals surface area contributed by atoms with Gasteiger partial charge in [0.1, 0.15) is 17.3 Å². The van der Waals surface area contributed by atoms with Crippen LogP contribution in [0.2, 0.25) is 10.0 Å². The van der Waals surface area contributed by atoms with Crippen molar-refractivity contribution in [1.82, 2.24) is 4.31 Å². The first-order valence-electron chi connectivity index (χ1n) is 10.7. The van der Waals surface area contributed by atoms with Crippen LogP contribution < -0.4 is 0 Å². The Hall–Kier alpha value is -2.49. The zero-order valence-corrected chi connectivity index (χ0v) is 22.9. The van der Waals surface area contributed by atoms with Crippen LogP contribution in [0.5, 0.6) is 0 Å². The predicted octanol–water partition coefficient (Wildman–Crippen LogP) is 7.94. The normalized spacial score (nSPS) is 12.1. The van der Waals surface area contributed by atoms with Gasteiger partial charge in [-0.3, -0.25) is 0 Å². The molecule has 3 aromatic carbocycles. The van der Waals surface area contributed by atoms with Crippen molar-refractivity contribution in [3.63, 3.8) is 0 Å². The quantitative estimate of drug-likeness (QED) is 0.191. The minimum absolute atomic E-state index is 0.0430. The SMILES string of the molecule is Cc1ccc(S(=O)(=O)N(Cc2ccc(Cl)c(Cl)c2)Cc2ccc(C=Nc3ccc(Br)cc3F)o2)cc1. The fraction of sp³-hybridized carbons (Fsp3) is 0.115. The van der Waals surface area contributed by atoms with Gasteiger partial charge in [0.25, 0.3) is 0 Å². The zero-order chi connectivity index (χ0) is 25.9. The Labute approximate surface area is 227 Å². The maximum Gasteiger partial charge on any atom is 0.243 e. The van der Waals surface area contributed by atoms with E-state index in [9.17, 15) is 12.8 Å². The van der Waals surface area contributed by atoms with Gasteiger partial charge < -0.3 is 4.42 Å².